The highest BCUT2D eigenvalue weighted by molar-refractivity contribution is 7.17. The first kappa shape index (κ1) is 15.2. The van der Waals surface area contributed by atoms with Gasteiger partial charge in [0.25, 0.3) is 0 Å². The number of nitrogens with zero attached hydrogens (tertiary/aromatic N) is 4. The summed E-state index contributed by atoms with van der Waals surface area (Å²) in [5.74, 6) is 0.668. The fourth-order valence-electron chi connectivity index (χ4n) is 3.63. The van der Waals surface area contributed by atoms with E-state index < -0.39 is 0 Å². The predicted octanol–water partition coefficient (Wildman–Crippen LogP) is 3.57. The standard InChI is InChI=1S/C19H15N5OS/c1-24-19-16(17(23-24)13-6-2-3-8-20-13)12(9-15(25)22-19)11-5-4-7-14-18(11)26-10-21-14/h2-8,10,12H,9H2,1H3,(H,22,25). The highest BCUT2D eigenvalue weighted by Crippen LogP contribution is 2.44. The van der Waals surface area contributed by atoms with Crippen LogP contribution >= 0.6 is 11.3 Å². The number of fused-ring (bicyclic) bond motifs is 2. The molecular weight excluding hydrogens is 346 g/mol. The summed E-state index contributed by atoms with van der Waals surface area (Å²) in [4.78, 5) is 21.3. The van der Waals surface area contributed by atoms with Crippen LogP contribution in [-0.2, 0) is 11.8 Å². The first-order valence-electron chi connectivity index (χ1n) is 8.32. The van der Waals surface area contributed by atoms with E-state index in [1.807, 2.05) is 42.9 Å². The molecule has 0 saturated heterocycles. The van der Waals surface area contributed by atoms with Gasteiger partial charge in [0.1, 0.15) is 11.5 Å². The quantitative estimate of drug-likeness (QED) is 0.592. The number of aryl methyl sites for hydroxylation is 1. The van der Waals surface area contributed by atoms with Crippen LogP contribution in [-0.4, -0.2) is 25.7 Å². The van der Waals surface area contributed by atoms with Crippen LogP contribution < -0.4 is 5.32 Å². The Labute approximate surface area is 153 Å². The third kappa shape index (κ3) is 2.24. The van der Waals surface area contributed by atoms with Crippen molar-refractivity contribution in [1.29, 1.82) is 0 Å². The van der Waals surface area contributed by atoms with Crippen molar-refractivity contribution in [3.63, 3.8) is 0 Å². The average Bonchev–Trinajstić information content (AvgIpc) is 3.27. The largest absolute Gasteiger partial charge is 0.311 e. The minimum Gasteiger partial charge on any atom is -0.311 e. The van der Waals surface area contributed by atoms with Crippen LogP contribution in [0.1, 0.15) is 23.5 Å². The van der Waals surface area contributed by atoms with Gasteiger partial charge in [0, 0.05) is 31.1 Å². The Morgan fingerprint density at radius 3 is 2.96 bits per heavy atom. The maximum Gasteiger partial charge on any atom is 0.226 e. The van der Waals surface area contributed by atoms with Crippen LogP contribution in [0.3, 0.4) is 0 Å². The van der Waals surface area contributed by atoms with Gasteiger partial charge >= 0.3 is 0 Å². The average molecular weight is 361 g/mol. The lowest BCUT2D eigenvalue weighted by Crippen LogP contribution is -2.24. The molecule has 1 amide bonds. The van der Waals surface area contributed by atoms with Crippen molar-refractivity contribution < 1.29 is 4.79 Å². The molecule has 4 aromatic rings. The number of rotatable bonds is 2. The topological polar surface area (TPSA) is 72.7 Å². The number of carbonyl (C=O) groups excluding carboxylic acids is 1. The summed E-state index contributed by atoms with van der Waals surface area (Å²) in [6, 6.07) is 11.9. The van der Waals surface area contributed by atoms with Crippen molar-refractivity contribution in [2.24, 2.45) is 7.05 Å². The van der Waals surface area contributed by atoms with Crippen molar-refractivity contribution in [3.05, 3.63) is 59.2 Å². The zero-order chi connectivity index (χ0) is 17.7. The first-order chi connectivity index (χ1) is 12.7. The van der Waals surface area contributed by atoms with Gasteiger partial charge in [-0.25, -0.2) is 4.98 Å². The van der Waals surface area contributed by atoms with Gasteiger partial charge in [0.2, 0.25) is 5.91 Å². The molecule has 6 nitrogen and oxygen atoms in total. The highest BCUT2D eigenvalue weighted by atomic mass is 32.1. The lowest BCUT2D eigenvalue weighted by Gasteiger charge is -2.24. The predicted molar refractivity (Wildman–Crippen MR) is 101 cm³/mol. The molecule has 0 radical (unpaired) electrons. The van der Waals surface area contributed by atoms with E-state index in [0.29, 0.717) is 6.42 Å². The second kappa shape index (κ2) is 5.74. The second-order valence-electron chi connectivity index (χ2n) is 6.30. The van der Waals surface area contributed by atoms with Crippen LogP contribution in [0.2, 0.25) is 0 Å². The van der Waals surface area contributed by atoms with Crippen LogP contribution in [0.4, 0.5) is 5.82 Å². The molecule has 128 valence electrons. The molecule has 7 heteroatoms. The third-order valence-electron chi connectivity index (χ3n) is 4.75. The minimum atomic E-state index is -0.0754. The van der Waals surface area contributed by atoms with Crippen LogP contribution in [0.5, 0.6) is 0 Å². The molecular formula is C19H15N5OS. The SMILES string of the molecule is Cn1nc(-c2ccccn2)c2c1NC(=O)CC2c1cccc2ncsc12. The molecule has 0 spiro atoms. The molecule has 1 aromatic carbocycles. The molecule has 0 bridgehead atoms. The summed E-state index contributed by atoms with van der Waals surface area (Å²) in [7, 11) is 1.85. The number of pyridine rings is 1. The van der Waals surface area contributed by atoms with Crippen molar-refractivity contribution in [2.45, 2.75) is 12.3 Å². The van der Waals surface area contributed by atoms with E-state index in [1.165, 1.54) is 0 Å². The van der Waals surface area contributed by atoms with Crippen molar-refractivity contribution >= 4 is 33.3 Å². The van der Waals surface area contributed by atoms with E-state index in [9.17, 15) is 4.79 Å². The Morgan fingerprint density at radius 1 is 1.19 bits per heavy atom. The molecule has 3 aromatic heterocycles. The van der Waals surface area contributed by atoms with Gasteiger partial charge in [-0.15, -0.1) is 11.3 Å². The first-order valence-corrected chi connectivity index (χ1v) is 9.20. The van der Waals surface area contributed by atoms with Crippen molar-refractivity contribution in [2.75, 3.05) is 5.32 Å². The summed E-state index contributed by atoms with van der Waals surface area (Å²) in [6.07, 6.45) is 2.15. The number of carbonyl (C=O) groups is 1. The zero-order valence-corrected chi connectivity index (χ0v) is 14.8. The number of hydrogen-bond donors (Lipinski definition) is 1. The molecule has 4 heterocycles. The number of thiazole rings is 1. The zero-order valence-electron chi connectivity index (χ0n) is 14.0. The molecule has 0 fully saturated rings. The summed E-state index contributed by atoms with van der Waals surface area (Å²) < 4.78 is 2.85. The van der Waals surface area contributed by atoms with Gasteiger partial charge in [0.15, 0.2) is 0 Å². The molecule has 0 saturated carbocycles. The number of aromatic nitrogens is 4. The fraction of sp³-hybridized carbons (Fsp3) is 0.158. The van der Waals surface area contributed by atoms with Crippen LogP contribution in [0.25, 0.3) is 21.6 Å². The van der Waals surface area contributed by atoms with E-state index in [1.54, 1.807) is 22.2 Å². The molecule has 0 aliphatic carbocycles. The van der Waals surface area contributed by atoms with E-state index in [2.05, 4.69) is 26.4 Å². The monoisotopic (exact) mass is 361 g/mol. The number of hydrogen-bond acceptors (Lipinski definition) is 5. The van der Waals surface area contributed by atoms with Crippen molar-refractivity contribution in [1.82, 2.24) is 19.7 Å². The van der Waals surface area contributed by atoms with Crippen LogP contribution in [0, 0.1) is 0 Å². The van der Waals surface area contributed by atoms with Gasteiger partial charge in [-0.05, 0) is 23.8 Å². The van der Waals surface area contributed by atoms with E-state index in [-0.39, 0.29) is 11.8 Å². The maximum absolute atomic E-state index is 12.4. The van der Waals surface area contributed by atoms with Gasteiger partial charge in [0.05, 0.1) is 21.4 Å². The minimum absolute atomic E-state index is 0.000380. The Hall–Kier alpha value is -3.06. The number of anilines is 1. The van der Waals surface area contributed by atoms with E-state index in [0.717, 1.165) is 38.5 Å². The number of amides is 1. The number of nitrogens with one attached hydrogen (secondary N) is 1. The highest BCUT2D eigenvalue weighted by Gasteiger charge is 2.34. The number of benzene rings is 1. The smallest absolute Gasteiger partial charge is 0.226 e. The van der Waals surface area contributed by atoms with Gasteiger partial charge < -0.3 is 5.32 Å². The molecule has 1 aliphatic heterocycles. The molecule has 5 rings (SSSR count). The molecule has 1 N–H and O–H groups in total. The third-order valence-corrected chi connectivity index (χ3v) is 5.64. The Balaban J connectivity index is 1.78. The lowest BCUT2D eigenvalue weighted by molar-refractivity contribution is -0.116. The molecule has 1 unspecified atom stereocenters. The Kier molecular flexibility index (Phi) is 3.36. The van der Waals surface area contributed by atoms with E-state index in [4.69, 9.17) is 0 Å². The summed E-state index contributed by atoms with van der Waals surface area (Å²) >= 11 is 1.61. The maximum atomic E-state index is 12.4. The lowest BCUT2D eigenvalue weighted by atomic mass is 9.85. The summed E-state index contributed by atoms with van der Waals surface area (Å²) in [5.41, 5.74) is 6.57. The summed E-state index contributed by atoms with van der Waals surface area (Å²) in [6.45, 7) is 0. The molecule has 26 heavy (non-hydrogen) atoms. The van der Waals surface area contributed by atoms with Crippen LogP contribution in [0.15, 0.2) is 48.1 Å². The Bertz CT molecular complexity index is 1130. The molecule has 1 atom stereocenters. The fourth-order valence-corrected chi connectivity index (χ4v) is 4.49. The summed E-state index contributed by atoms with van der Waals surface area (Å²) in [5, 5.41) is 7.65. The van der Waals surface area contributed by atoms with Gasteiger partial charge in [-0.3, -0.25) is 14.5 Å². The van der Waals surface area contributed by atoms with Gasteiger partial charge in [-0.2, -0.15) is 5.10 Å². The second-order valence-corrected chi connectivity index (χ2v) is 7.16. The van der Waals surface area contributed by atoms with Gasteiger partial charge in [-0.1, -0.05) is 18.2 Å². The Morgan fingerprint density at radius 2 is 2.12 bits per heavy atom. The molecule has 1 aliphatic rings. The van der Waals surface area contributed by atoms with E-state index >= 15 is 0 Å². The normalized spacial score (nSPS) is 16.5. The van der Waals surface area contributed by atoms with Crippen molar-refractivity contribution in [3.8, 4) is 11.4 Å².